The van der Waals surface area contributed by atoms with Crippen molar-refractivity contribution in [3.8, 4) is 0 Å². The third-order valence-electron chi connectivity index (χ3n) is 4.20. The van der Waals surface area contributed by atoms with Gasteiger partial charge in [0.15, 0.2) is 5.11 Å². The average Bonchev–Trinajstić information content (AvgIpc) is 2.76. The van der Waals surface area contributed by atoms with Crippen molar-refractivity contribution in [3.05, 3.63) is 79.9 Å². The van der Waals surface area contributed by atoms with E-state index in [0.717, 1.165) is 23.8 Å². The van der Waals surface area contributed by atoms with Crippen LogP contribution in [0, 0.1) is 20.2 Å². The number of carbonyl (C=O) groups is 2. The summed E-state index contributed by atoms with van der Waals surface area (Å²) in [5, 5.41) is 24.5. The maximum Gasteiger partial charge on any atom is 0.307 e. The minimum absolute atomic E-state index is 0.0129. The van der Waals surface area contributed by atoms with Gasteiger partial charge >= 0.3 is 5.97 Å². The third kappa shape index (κ3) is 7.09. The molecule has 0 unspecified atom stereocenters. The number of thiocarbonyl (C=S) groups is 1. The summed E-state index contributed by atoms with van der Waals surface area (Å²) in [6, 6.07) is 11.8. The van der Waals surface area contributed by atoms with Crippen molar-refractivity contribution in [2.75, 3.05) is 13.2 Å². The molecular formula is C20H20N4O7S. The lowest BCUT2D eigenvalue weighted by atomic mass is 10.1. The zero-order valence-electron chi connectivity index (χ0n) is 17.1. The number of nitro groups is 2. The summed E-state index contributed by atoms with van der Waals surface area (Å²) in [5.74, 6) is -1.29. The van der Waals surface area contributed by atoms with Gasteiger partial charge in [0.1, 0.15) is 0 Å². The predicted octanol–water partition coefficient (Wildman–Crippen LogP) is 2.97. The minimum Gasteiger partial charge on any atom is -0.466 e. The summed E-state index contributed by atoms with van der Waals surface area (Å²) in [6.07, 6.45) is 0.0129. The molecule has 12 heteroatoms. The summed E-state index contributed by atoms with van der Waals surface area (Å²) in [6.45, 7) is 2.32. The summed E-state index contributed by atoms with van der Waals surface area (Å²) in [7, 11) is 0. The molecule has 1 amide bonds. The smallest absolute Gasteiger partial charge is 0.307 e. The molecule has 2 rings (SSSR count). The summed E-state index contributed by atoms with van der Waals surface area (Å²) >= 11 is 5.31. The predicted molar refractivity (Wildman–Crippen MR) is 118 cm³/mol. The van der Waals surface area contributed by atoms with Crippen molar-refractivity contribution >= 4 is 40.6 Å². The molecule has 0 heterocycles. The topological polar surface area (TPSA) is 145 Å². The number of hydrogen-bond donors (Lipinski definition) is 1. The van der Waals surface area contributed by atoms with E-state index >= 15 is 0 Å². The van der Waals surface area contributed by atoms with Crippen LogP contribution in [0.2, 0.25) is 0 Å². The fourth-order valence-corrected chi connectivity index (χ4v) is 2.95. The fourth-order valence-electron chi connectivity index (χ4n) is 2.70. The van der Waals surface area contributed by atoms with E-state index in [1.165, 1.54) is 0 Å². The highest BCUT2D eigenvalue weighted by Gasteiger charge is 2.22. The monoisotopic (exact) mass is 460 g/mol. The zero-order valence-corrected chi connectivity index (χ0v) is 17.9. The molecule has 168 valence electrons. The SMILES string of the molecule is CCOC(=O)CCN(Cc1ccccc1)C(=S)NC(=O)c1cc([N+](=O)[O-])cc([N+](=O)[O-])c1. The van der Waals surface area contributed by atoms with Gasteiger partial charge in [-0.15, -0.1) is 0 Å². The maximum absolute atomic E-state index is 12.6. The number of hydrogen-bond acceptors (Lipinski definition) is 8. The van der Waals surface area contributed by atoms with Crippen molar-refractivity contribution in [3.63, 3.8) is 0 Å². The van der Waals surface area contributed by atoms with E-state index in [1.54, 1.807) is 11.8 Å². The Balaban J connectivity index is 2.21. The highest BCUT2D eigenvalue weighted by molar-refractivity contribution is 7.80. The lowest BCUT2D eigenvalue weighted by molar-refractivity contribution is -0.394. The standard InChI is InChI=1S/C20H20N4O7S/c1-2-31-18(25)8-9-22(13-14-6-4-3-5-7-14)20(32)21-19(26)15-10-16(23(27)28)12-17(11-15)24(29)30/h3-7,10-12H,2,8-9,13H2,1H3,(H,21,26,32). The lowest BCUT2D eigenvalue weighted by Crippen LogP contribution is -2.43. The molecule has 2 aromatic rings. The Morgan fingerprint density at radius 3 is 2.19 bits per heavy atom. The van der Waals surface area contributed by atoms with E-state index < -0.39 is 33.1 Å². The Bertz CT molecular complexity index is 998. The van der Waals surface area contributed by atoms with Crippen molar-refractivity contribution in [2.24, 2.45) is 0 Å². The second kappa shape index (κ2) is 11.5. The van der Waals surface area contributed by atoms with Gasteiger partial charge in [-0.3, -0.25) is 35.1 Å². The highest BCUT2D eigenvalue weighted by atomic mass is 32.1. The highest BCUT2D eigenvalue weighted by Crippen LogP contribution is 2.22. The number of non-ortho nitro benzene ring substituents is 2. The van der Waals surface area contributed by atoms with E-state index in [2.05, 4.69) is 5.32 Å². The minimum atomic E-state index is -0.851. The van der Waals surface area contributed by atoms with Crippen LogP contribution in [0.25, 0.3) is 0 Å². The van der Waals surface area contributed by atoms with Gasteiger partial charge in [0, 0.05) is 25.2 Å². The van der Waals surface area contributed by atoms with Crippen molar-refractivity contribution in [1.29, 1.82) is 0 Å². The number of ether oxygens (including phenoxy) is 1. The number of benzene rings is 2. The van der Waals surface area contributed by atoms with E-state index in [4.69, 9.17) is 17.0 Å². The molecule has 0 aliphatic heterocycles. The van der Waals surface area contributed by atoms with Crippen LogP contribution in [-0.2, 0) is 16.1 Å². The second-order valence-corrected chi connectivity index (χ2v) is 6.86. The largest absolute Gasteiger partial charge is 0.466 e. The first-order valence-corrected chi connectivity index (χ1v) is 9.85. The number of esters is 1. The number of nitro benzene ring substituents is 2. The fraction of sp³-hybridized carbons (Fsp3) is 0.250. The van der Waals surface area contributed by atoms with Crippen molar-refractivity contribution in [1.82, 2.24) is 10.2 Å². The Morgan fingerprint density at radius 2 is 1.66 bits per heavy atom. The summed E-state index contributed by atoms with van der Waals surface area (Å²) in [4.78, 5) is 46.4. The molecule has 0 saturated heterocycles. The Morgan fingerprint density at radius 1 is 1.06 bits per heavy atom. The Labute approximate surface area is 188 Å². The van der Waals surface area contributed by atoms with Crippen LogP contribution in [0.4, 0.5) is 11.4 Å². The van der Waals surface area contributed by atoms with Crippen LogP contribution in [-0.4, -0.2) is 44.9 Å². The van der Waals surface area contributed by atoms with E-state index in [1.807, 2.05) is 30.3 Å². The van der Waals surface area contributed by atoms with Gasteiger partial charge in [0.05, 0.1) is 34.5 Å². The van der Waals surface area contributed by atoms with Crippen LogP contribution >= 0.6 is 12.2 Å². The number of rotatable bonds is 9. The first-order valence-electron chi connectivity index (χ1n) is 9.45. The quantitative estimate of drug-likeness (QED) is 0.258. The molecule has 0 aromatic heterocycles. The molecule has 11 nitrogen and oxygen atoms in total. The van der Waals surface area contributed by atoms with E-state index in [0.29, 0.717) is 0 Å². The normalized spacial score (nSPS) is 10.2. The van der Waals surface area contributed by atoms with Crippen LogP contribution in [0.15, 0.2) is 48.5 Å². The van der Waals surface area contributed by atoms with Crippen LogP contribution in [0.3, 0.4) is 0 Å². The molecule has 0 radical (unpaired) electrons. The first kappa shape index (κ1) is 24.3. The molecule has 0 aliphatic rings. The van der Waals surface area contributed by atoms with E-state index in [9.17, 15) is 29.8 Å². The molecule has 0 fully saturated rings. The molecule has 1 N–H and O–H groups in total. The van der Waals surface area contributed by atoms with Gasteiger partial charge in [-0.25, -0.2) is 0 Å². The van der Waals surface area contributed by atoms with E-state index in [-0.39, 0.29) is 36.8 Å². The van der Waals surface area contributed by atoms with Crippen LogP contribution in [0.1, 0.15) is 29.3 Å². The molecule has 0 saturated carbocycles. The maximum atomic E-state index is 12.6. The molecule has 0 bridgehead atoms. The molecule has 0 spiro atoms. The van der Waals surface area contributed by atoms with Gasteiger partial charge in [-0.1, -0.05) is 30.3 Å². The average molecular weight is 460 g/mol. The van der Waals surface area contributed by atoms with Crippen molar-refractivity contribution in [2.45, 2.75) is 19.9 Å². The molecule has 2 aromatic carbocycles. The Kier molecular flexibility index (Phi) is 8.72. The molecular weight excluding hydrogens is 440 g/mol. The van der Waals surface area contributed by atoms with Gasteiger partial charge in [-0.05, 0) is 24.7 Å². The number of carbonyl (C=O) groups excluding carboxylic acids is 2. The number of nitrogens with one attached hydrogen (secondary N) is 1. The molecule has 0 atom stereocenters. The lowest BCUT2D eigenvalue weighted by Gasteiger charge is -2.25. The Hall–Kier alpha value is -3.93. The van der Waals surface area contributed by atoms with Gasteiger partial charge in [-0.2, -0.15) is 0 Å². The summed E-state index contributed by atoms with van der Waals surface area (Å²) < 4.78 is 4.92. The van der Waals surface area contributed by atoms with Gasteiger partial charge in [0.25, 0.3) is 17.3 Å². The number of amides is 1. The zero-order chi connectivity index (χ0) is 23.7. The van der Waals surface area contributed by atoms with Gasteiger partial charge in [0.2, 0.25) is 0 Å². The number of nitrogens with zero attached hydrogens (tertiary/aromatic N) is 3. The second-order valence-electron chi connectivity index (χ2n) is 6.47. The first-order chi connectivity index (χ1) is 15.2. The molecule has 0 aliphatic carbocycles. The van der Waals surface area contributed by atoms with Crippen LogP contribution < -0.4 is 5.32 Å². The summed E-state index contributed by atoms with van der Waals surface area (Å²) in [5.41, 5.74) is -0.630. The third-order valence-corrected chi connectivity index (χ3v) is 4.56. The van der Waals surface area contributed by atoms with Gasteiger partial charge < -0.3 is 9.64 Å². The van der Waals surface area contributed by atoms with Crippen molar-refractivity contribution < 1.29 is 24.2 Å². The van der Waals surface area contributed by atoms with Crippen LogP contribution in [0.5, 0.6) is 0 Å². The molecule has 32 heavy (non-hydrogen) atoms.